The highest BCUT2D eigenvalue weighted by molar-refractivity contribution is 8.00. The van der Waals surface area contributed by atoms with Gasteiger partial charge in [0.05, 0.1) is 15.5 Å². The fraction of sp³-hybridized carbons (Fsp3) is 0.536. The zero-order valence-corrected chi connectivity index (χ0v) is 24.7. The maximum atomic E-state index is 15.8. The number of hydrogen-bond donors (Lipinski definition) is 1. The van der Waals surface area contributed by atoms with E-state index >= 15 is 4.39 Å². The SMILES string of the molecule is O=C(O)C1(COc2cc3c(cc2SC2CC(F)(F)C2)N(c2ccc(F)cc2)C[C@H](CCC(F)(F)F)[C@H](F)S3(=O)=O)CC(F)(F)C1. The summed E-state index contributed by atoms with van der Waals surface area (Å²) in [6, 6.07) is 6.34. The minimum atomic E-state index is -5.08. The number of benzene rings is 2. The lowest BCUT2D eigenvalue weighted by molar-refractivity contribution is -0.199. The van der Waals surface area contributed by atoms with Crippen LogP contribution in [0.4, 0.5) is 50.9 Å². The van der Waals surface area contributed by atoms with Crippen molar-refractivity contribution in [2.45, 2.75) is 77.1 Å². The largest absolute Gasteiger partial charge is 0.491 e. The number of carbonyl (C=O) groups is 1. The summed E-state index contributed by atoms with van der Waals surface area (Å²) in [5, 5.41) is 8.89. The van der Waals surface area contributed by atoms with Crippen molar-refractivity contribution in [3.8, 4) is 5.75 Å². The van der Waals surface area contributed by atoms with Crippen LogP contribution in [0.1, 0.15) is 38.5 Å². The second-order valence-corrected chi connectivity index (χ2v) is 15.1. The Hall–Kier alpha value is -2.82. The number of aliphatic carboxylic acids is 1. The molecule has 0 amide bonds. The van der Waals surface area contributed by atoms with Gasteiger partial charge in [-0.2, -0.15) is 13.2 Å². The highest BCUT2D eigenvalue weighted by Gasteiger charge is 2.62. The van der Waals surface area contributed by atoms with Crippen LogP contribution in [0.3, 0.4) is 0 Å². The first kappa shape index (κ1) is 33.5. The third kappa shape index (κ3) is 6.98. The first-order valence-electron chi connectivity index (χ1n) is 13.6. The molecule has 45 heavy (non-hydrogen) atoms. The van der Waals surface area contributed by atoms with Crippen LogP contribution in [0.15, 0.2) is 46.2 Å². The lowest BCUT2D eigenvalue weighted by Gasteiger charge is -2.43. The molecule has 0 aromatic heterocycles. The molecule has 0 unspecified atom stereocenters. The number of nitrogens with zero attached hydrogens (tertiary/aromatic N) is 1. The van der Waals surface area contributed by atoms with Crippen LogP contribution in [-0.4, -0.2) is 61.4 Å². The van der Waals surface area contributed by atoms with Crippen molar-refractivity contribution in [2.75, 3.05) is 18.1 Å². The Balaban J connectivity index is 1.61. The summed E-state index contributed by atoms with van der Waals surface area (Å²) in [4.78, 5) is 12.3. The van der Waals surface area contributed by atoms with Gasteiger partial charge in [0, 0.05) is 61.6 Å². The van der Waals surface area contributed by atoms with E-state index in [1.54, 1.807) is 0 Å². The lowest BCUT2D eigenvalue weighted by atomic mass is 9.66. The van der Waals surface area contributed by atoms with Crippen molar-refractivity contribution in [1.29, 1.82) is 0 Å². The zero-order valence-electron chi connectivity index (χ0n) is 23.1. The second kappa shape index (κ2) is 11.5. The Morgan fingerprint density at radius 1 is 1.04 bits per heavy atom. The molecule has 1 heterocycles. The number of carboxylic acid groups (broad SMARTS) is 1. The fourth-order valence-electron chi connectivity index (χ4n) is 5.74. The quantitative estimate of drug-likeness (QED) is 0.269. The number of halogens is 9. The first-order chi connectivity index (χ1) is 20.7. The maximum Gasteiger partial charge on any atom is 0.389 e. The van der Waals surface area contributed by atoms with Gasteiger partial charge in [-0.05, 0) is 36.8 Å². The van der Waals surface area contributed by atoms with Gasteiger partial charge in [0.15, 0.2) is 0 Å². The molecular weight excluding hydrogens is 665 g/mol. The minimum absolute atomic E-state index is 0.00710. The molecule has 5 rings (SSSR count). The molecule has 2 fully saturated rings. The molecule has 2 aromatic rings. The van der Waals surface area contributed by atoms with Crippen LogP contribution in [0.2, 0.25) is 0 Å². The standard InChI is InChI=1S/C28H26F9NO5S2/c29-16-1-3-17(4-2-16)38-11-15(5-6-28(35,36)37)23(30)45(41,42)22-8-20(43-14-25(24(39)40)12-27(33,34)13-25)21(7-19(22)38)44-18-9-26(31,32)10-18/h1-4,7-8,15,18,23H,5-6,9-14H2,(H,39,40)/t15-,23+/m0/s1. The summed E-state index contributed by atoms with van der Waals surface area (Å²) in [5.41, 5.74) is -5.08. The van der Waals surface area contributed by atoms with Crippen molar-refractivity contribution >= 4 is 38.9 Å². The summed E-state index contributed by atoms with van der Waals surface area (Å²) >= 11 is 0.814. The molecule has 0 radical (unpaired) electrons. The molecule has 6 nitrogen and oxygen atoms in total. The highest BCUT2D eigenvalue weighted by Crippen LogP contribution is 2.54. The third-order valence-corrected chi connectivity index (χ3v) is 11.3. The Labute approximate surface area is 255 Å². The van der Waals surface area contributed by atoms with Crippen molar-refractivity contribution in [3.63, 3.8) is 0 Å². The predicted octanol–water partition coefficient (Wildman–Crippen LogP) is 7.77. The van der Waals surface area contributed by atoms with Crippen LogP contribution < -0.4 is 9.64 Å². The molecule has 0 spiro atoms. The van der Waals surface area contributed by atoms with Crippen molar-refractivity contribution in [3.05, 3.63) is 42.2 Å². The number of carboxylic acids is 1. The number of rotatable bonds is 9. The van der Waals surface area contributed by atoms with Crippen LogP contribution in [0.25, 0.3) is 0 Å². The van der Waals surface area contributed by atoms with E-state index in [1.165, 1.54) is 17.0 Å². The Morgan fingerprint density at radius 2 is 1.67 bits per heavy atom. The fourth-order valence-corrected chi connectivity index (χ4v) is 8.87. The van der Waals surface area contributed by atoms with Crippen LogP contribution in [-0.2, 0) is 14.6 Å². The second-order valence-electron chi connectivity index (χ2n) is 11.8. The Kier molecular flexibility index (Phi) is 8.54. The van der Waals surface area contributed by atoms with Gasteiger partial charge in [0.1, 0.15) is 23.6 Å². The molecule has 2 atom stereocenters. The van der Waals surface area contributed by atoms with E-state index in [2.05, 4.69) is 0 Å². The third-order valence-electron chi connectivity index (χ3n) is 8.14. The summed E-state index contributed by atoms with van der Waals surface area (Å²) < 4.78 is 156. The van der Waals surface area contributed by atoms with Gasteiger partial charge in [-0.25, -0.2) is 34.8 Å². The van der Waals surface area contributed by atoms with E-state index in [0.29, 0.717) is 0 Å². The van der Waals surface area contributed by atoms with Crippen molar-refractivity contribution in [1.82, 2.24) is 0 Å². The van der Waals surface area contributed by atoms with Gasteiger partial charge in [-0.15, -0.1) is 11.8 Å². The van der Waals surface area contributed by atoms with Gasteiger partial charge in [0.25, 0.3) is 5.92 Å². The smallest absolute Gasteiger partial charge is 0.389 e. The van der Waals surface area contributed by atoms with E-state index in [0.717, 1.165) is 36.0 Å². The van der Waals surface area contributed by atoms with Gasteiger partial charge in [-0.3, -0.25) is 4.79 Å². The Bertz CT molecular complexity index is 1550. The van der Waals surface area contributed by atoms with Crippen molar-refractivity contribution in [2.24, 2.45) is 11.3 Å². The number of alkyl halides is 8. The summed E-state index contributed by atoms with van der Waals surface area (Å²) in [6.07, 6.45) is -10.5. The molecule has 1 aliphatic heterocycles. The van der Waals surface area contributed by atoms with E-state index in [-0.39, 0.29) is 16.3 Å². The maximum absolute atomic E-state index is 15.8. The van der Waals surface area contributed by atoms with Gasteiger partial charge in [-0.1, -0.05) is 0 Å². The van der Waals surface area contributed by atoms with Gasteiger partial charge < -0.3 is 14.7 Å². The summed E-state index contributed by atoms with van der Waals surface area (Å²) in [7, 11) is -5.08. The van der Waals surface area contributed by atoms with Gasteiger partial charge in [0.2, 0.25) is 21.3 Å². The van der Waals surface area contributed by atoms with E-state index < -0.39 is 124 Å². The molecule has 1 N–H and O–H groups in total. The number of thioether (sulfide) groups is 1. The monoisotopic (exact) mass is 691 g/mol. The Morgan fingerprint density at radius 3 is 2.20 bits per heavy atom. The number of ether oxygens (including phenoxy) is 1. The molecule has 0 saturated heterocycles. The molecule has 2 aromatic carbocycles. The topological polar surface area (TPSA) is 83.9 Å². The van der Waals surface area contributed by atoms with Crippen LogP contribution in [0, 0.1) is 17.2 Å². The number of anilines is 2. The molecule has 2 saturated carbocycles. The van der Waals surface area contributed by atoms with E-state index in [1.807, 2.05) is 0 Å². The number of hydrogen-bond acceptors (Lipinski definition) is 6. The van der Waals surface area contributed by atoms with E-state index in [4.69, 9.17) is 4.74 Å². The minimum Gasteiger partial charge on any atom is -0.491 e. The molecular formula is C28H26F9NO5S2. The lowest BCUT2D eigenvalue weighted by Crippen LogP contribution is -2.54. The van der Waals surface area contributed by atoms with Crippen LogP contribution in [0.5, 0.6) is 5.75 Å². The number of sulfone groups is 1. The average molecular weight is 692 g/mol. The van der Waals surface area contributed by atoms with E-state index in [9.17, 15) is 53.4 Å². The predicted molar refractivity (Wildman–Crippen MR) is 144 cm³/mol. The average Bonchev–Trinajstić information content (AvgIpc) is 2.96. The molecule has 17 heteroatoms. The molecule has 3 aliphatic rings. The molecule has 248 valence electrons. The normalized spacial score (nSPS) is 25.0. The molecule has 0 bridgehead atoms. The number of fused-ring (bicyclic) bond motifs is 1. The van der Waals surface area contributed by atoms with Gasteiger partial charge >= 0.3 is 12.1 Å². The van der Waals surface area contributed by atoms with Crippen LogP contribution >= 0.6 is 11.8 Å². The van der Waals surface area contributed by atoms with Crippen molar-refractivity contribution < 1.29 is 62.6 Å². The zero-order chi connectivity index (χ0) is 33.2. The highest BCUT2D eigenvalue weighted by atomic mass is 32.2. The molecule has 2 aliphatic carbocycles. The summed E-state index contributed by atoms with van der Waals surface area (Å²) in [6.45, 7) is -1.46. The first-order valence-corrected chi connectivity index (χ1v) is 16.1. The summed E-state index contributed by atoms with van der Waals surface area (Å²) in [5.74, 6) is -10.7.